The summed E-state index contributed by atoms with van der Waals surface area (Å²) in [4.78, 5) is 41.0. The second-order valence-electron chi connectivity index (χ2n) is 9.98. The van der Waals surface area contributed by atoms with Crippen LogP contribution in [0.1, 0.15) is 44.6 Å². The summed E-state index contributed by atoms with van der Waals surface area (Å²) in [5, 5.41) is 11.4. The van der Waals surface area contributed by atoms with E-state index in [1.165, 1.54) is 17.4 Å². The summed E-state index contributed by atoms with van der Waals surface area (Å²) >= 11 is 0. The fourth-order valence-electron chi connectivity index (χ4n) is 6.31. The lowest BCUT2D eigenvalue weighted by Gasteiger charge is -2.40. The van der Waals surface area contributed by atoms with E-state index >= 15 is 0 Å². The Labute approximate surface area is 194 Å². The first-order valence-electron chi connectivity index (χ1n) is 12.1. The topological polar surface area (TPSA) is 83.9 Å². The highest BCUT2D eigenvalue weighted by Gasteiger charge is 2.58. The number of amides is 1. The largest absolute Gasteiger partial charge is 0.460 e. The van der Waals surface area contributed by atoms with Gasteiger partial charge in [0.05, 0.1) is 5.57 Å². The standard InChI is InChI=1S/C27H31NO5/c1-17-11-12-19-9-5-6-10-20(19)23(17)24(29)21-15-27(32)22(13-14-28(27)25(21)30)26(31)33-16-18-7-3-2-4-8-18/h2-4,7-8,11-12,15,17,19-20,22-23,32H,5-6,9-10,13-14,16H2,1H3/t17-,19+,20-,22?,23?,27?/m0/s1. The number of aliphatic hydroxyl groups is 1. The highest BCUT2D eigenvalue weighted by Crippen LogP contribution is 2.47. The number of fused-ring (bicyclic) bond motifs is 2. The number of Topliss-reactive ketones (excluding diaryl/α,β-unsaturated/α-hetero) is 1. The Hall–Kier alpha value is -2.73. The molecule has 6 nitrogen and oxygen atoms in total. The Balaban J connectivity index is 1.36. The Morgan fingerprint density at radius 1 is 1.12 bits per heavy atom. The lowest BCUT2D eigenvalue weighted by atomic mass is 9.63. The van der Waals surface area contributed by atoms with E-state index in [2.05, 4.69) is 12.2 Å². The van der Waals surface area contributed by atoms with Crippen molar-refractivity contribution < 1.29 is 24.2 Å². The van der Waals surface area contributed by atoms with Crippen LogP contribution in [0, 0.1) is 29.6 Å². The Kier molecular flexibility index (Phi) is 5.73. The van der Waals surface area contributed by atoms with Gasteiger partial charge in [-0.1, -0.05) is 62.2 Å². The molecule has 0 aromatic heterocycles. The SMILES string of the molecule is C[C@H]1C=C[C@H]2CCCC[C@@H]2C1C(=O)C1=CC2(O)C(C(=O)OCc3ccccc3)CCN2C1=O. The minimum Gasteiger partial charge on any atom is -0.460 e. The molecule has 174 valence electrons. The summed E-state index contributed by atoms with van der Waals surface area (Å²) in [5.41, 5.74) is -0.909. The van der Waals surface area contributed by atoms with Crippen molar-refractivity contribution in [1.82, 2.24) is 4.90 Å². The zero-order chi connectivity index (χ0) is 23.2. The molecule has 1 N–H and O–H groups in total. The molecule has 0 radical (unpaired) electrons. The van der Waals surface area contributed by atoms with Gasteiger partial charge >= 0.3 is 5.97 Å². The fourth-order valence-corrected chi connectivity index (χ4v) is 6.31. The number of allylic oxidation sites excluding steroid dienone is 2. The van der Waals surface area contributed by atoms with E-state index in [0.29, 0.717) is 12.3 Å². The van der Waals surface area contributed by atoms with E-state index in [1.54, 1.807) is 0 Å². The number of hydrogen-bond donors (Lipinski definition) is 1. The second kappa shape index (κ2) is 8.56. The molecule has 2 fully saturated rings. The molecule has 5 rings (SSSR count). The minimum absolute atomic E-state index is 0.0366. The number of rotatable bonds is 5. The van der Waals surface area contributed by atoms with Crippen LogP contribution < -0.4 is 0 Å². The molecule has 4 aliphatic rings. The number of carbonyl (C=O) groups excluding carboxylic acids is 3. The molecule has 1 saturated heterocycles. The molecule has 1 aromatic rings. The van der Waals surface area contributed by atoms with Crippen LogP contribution in [0.25, 0.3) is 0 Å². The molecule has 0 spiro atoms. The van der Waals surface area contributed by atoms with E-state index in [0.717, 1.165) is 24.8 Å². The van der Waals surface area contributed by atoms with Crippen LogP contribution in [0.5, 0.6) is 0 Å². The van der Waals surface area contributed by atoms with E-state index in [1.807, 2.05) is 37.3 Å². The average molecular weight is 450 g/mol. The van der Waals surface area contributed by atoms with Gasteiger partial charge in [0.15, 0.2) is 11.5 Å². The molecular formula is C27H31NO5. The number of ketones is 1. The number of nitrogens with zero attached hydrogens (tertiary/aromatic N) is 1. The van der Waals surface area contributed by atoms with Gasteiger partial charge in [0, 0.05) is 12.5 Å². The average Bonchev–Trinajstić information content (AvgIpc) is 3.30. The van der Waals surface area contributed by atoms with Gasteiger partial charge in [-0.3, -0.25) is 14.4 Å². The van der Waals surface area contributed by atoms with Crippen molar-refractivity contribution in [3.63, 3.8) is 0 Å². The van der Waals surface area contributed by atoms with E-state index in [4.69, 9.17) is 4.74 Å². The first kappa shape index (κ1) is 22.1. The van der Waals surface area contributed by atoms with Gasteiger partial charge in [0.2, 0.25) is 0 Å². The third kappa shape index (κ3) is 3.74. The van der Waals surface area contributed by atoms with Crippen molar-refractivity contribution in [2.75, 3.05) is 6.54 Å². The molecule has 6 atom stereocenters. The van der Waals surface area contributed by atoms with Crippen molar-refractivity contribution >= 4 is 17.7 Å². The van der Waals surface area contributed by atoms with Crippen LogP contribution in [-0.2, 0) is 25.7 Å². The second-order valence-corrected chi connectivity index (χ2v) is 9.98. The van der Waals surface area contributed by atoms with Crippen LogP contribution in [-0.4, -0.2) is 39.9 Å². The number of benzene rings is 1. The van der Waals surface area contributed by atoms with Crippen LogP contribution in [0.3, 0.4) is 0 Å². The van der Waals surface area contributed by atoms with Crippen LogP contribution in [0.15, 0.2) is 54.1 Å². The first-order valence-corrected chi connectivity index (χ1v) is 12.1. The van der Waals surface area contributed by atoms with E-state index < -0.39 is 23.5 Å². The van der Waals surface area contributed by atoms with E-state index in [9.17, 15) is 19.5 Å². The number of hydrogen-bond acceptors (Lipinski definition) is 5. The van der Waals surface area contributed by atoms with Gasteiger partial charge in [0.25, 0.3) is 5.91 Å². The molecule has 1 saturated carbocycles. The smallest absolute Gasteiger partial charge is 0.314 e. The number of ether oxygens (including phenoxy) is 1. The zero-order valence-corrected chi connectivity index (χ0v) is 19.0. The third-order valence-corrected chi connectivity index (χ3v) is 8.06. The van der Waals surface area contributed by atoms with Gasteiger partial charge in [-0.05, 0) is 48.7 Å². The molecular weight excluding hydrogens is 418 g/mol. The van der Waals surface area contributed by atoms with Gasteiger partial charge in [0.1, 0.15) is 12.5 Å². The molecule has 1 amide bonds. The summed E-state index contributed by atoms with van der Waals surface area (Å²) in [6, 6.07) is 9.33. The van der Waals surface area contributed by atoms with Crippen LogP contribution in [0.4, 0.5) is 0 Å². The maximum atomic E-state index is 13.7. The maximum Gasteiger partial charge on any atom is 0.314 e. The van der Waals surface area contributed by atoms with Crippen molar-refractivity contribution in [3.8, 4) is 0 Å². The number of carbonyl (C=O) groups is 3. The van der Waals surface area contributed by atoms with Crippen LogP contribution >= 0.6 is 0 Å². The predicted molar refractivity (Wildman–Crippen MR) is 121 cm³/mol. The maximum absolute atomic E-state index is 13.7. The highest BCUT2D eigenvalue weighted by molar-refractivity contribution is 6.22. The summed E-state index contributed by atoms with van der Waals surface area (Å²) in [6.45, 7) is 2.36. The van der Waals surface area contributed by atoms with Crippen molar-refractivity contribution in [2.24, 2.45) is 29.6 Å². The zero-order valence-electron chi connectivity index (χ0n) is 19.0. The highest BCUT2D eigenvalue weighted by atomic mass is 16.5. The molecule has 2 heterocycles. The quantitative estimate of drug-likeness (QED) is 0.423. The van der Waals surface area contributed by atoms with E-state index in [-0.39, 0.29) is 42.3 Å². The van der Waals surface area contributed by atoms with Crippen molar-refractivity contribution in [3.05, 3.63) is 59.7 Å². The molecule has 2 aliphatic carbocycles. The normalized spacial score (nSPS) is 35.1. The van der Waals surface area contributed by atoms with Crippen molar-refractivity contribution in [1.29, 1.82) is 0 Å². The lowest BCUT2D eigenvalue weighted by molar-refractivity contribution is -0.163. The third-order valence-electron chi connectivity index (χ3n) is 8.06. The lowest BCUT2D eigenvalue weighted by Crippen LogP contribution is -2.47. The summed E-state index contributed by atoms with van der Waals surface area (Å²) in [5.74, 6) is -1.71. The predicted octanol–water partition coefficient (Wildman–Crippen LogP) is 3.40. The van der Waals surface area contributed by atoms with Gasteiger partial charge in [-0.15, -0.1) is 0 Å². The molecule has 3 unspecified atom stereocenters. The molecule has 2 aliphatic heterocycles. The molecule has 1 aromatic carbocycles. The van der Waals surface area contributed by atoms with Crippen LogP contribution in [0.2, 0.25) is 0 Å². The van der Waals surface area contributed by atoms with Gasteiger partial charge in [-0.25, -0.2) is 0 Å². The summed E-state index contributed by atoms with van der Waals surface area (Å²) in [6.07, 6.45) is 10.3. The number of esters is 1. The summed E-state index contributed by atoms with van der Waals surface area (Å²) in [7, 11) is 0. The minimum atomic E-state index is -1.80. The molecule has 33 heavy (non-hydrogen) atoms. The van der Waals surface area contributed by atoms with Crippen molar-refractivity contribution in [2.45, 2.75) is 51.4 Å². The Bertz CT molecular complexity index is 1010. The van der Waals surface area contributed by atoms with Gasteiger partial charge in [-0.2, -0.15) is 0 Å². The first-order chi connectivity index (χ1) is 15.9. The Morgan fingerprint density at radius 3 is 2.67 bits per heavy atom. The summed E-state index contributed by atoms with van der Waals surface area (Å²) < 4.78 is 5.46. The molecule has 6 heteroatoms. The monoisotopic (exact) mass is 449 g/mol. The van der Waals surface area contributed by atoms with Gasteiger partial charge < -0.3 is 14.7 Å². The Morgan fingerprint density at radius 2 is 1.88 bits per heavy atom. The fraction of sp³-hybridized carbons (Fsp3) is 0.519. The molecule has 0 bridgehead atoms.